The van der Waals surface area contributed by atoms with Gasteiger partial charge in [-0.15, -0.1) is 0 Å². The highest BCUT2D eigenvalue weighted by atomic mass is 79.9. The molecule has 0 spiro atoms. The van der Waals surface area contributed by atoms with E-state index in [1.165, 1.54) is 19.4 Å². The van der Waals surface area contributed by atoms with Crippen LogP contribution in [0.2, 0.25) is 0 Å². The molecule has 1 aliphatic heterocycles. The molecule has 1 aromatic carbocycles. The van der Waals surface area contributed by atoms with E-state index in [4.69, 9.17) is 29.3 Å². The first kappa shape index (κ1) is 21.4. The van der Waals surface area contributed by atoms with E-state index in [-0.39, 0.29) is 0 Å². The Morgan fingerprint density at radius 2 is 1.72 bits per heavy atom. The average molecular weight is 418 g/mol. The van der Waals surface area contributed by atoms with Gasteiger partial charge in [0, 0.05) is 13.1 Å². The standard InChI is InChI=1S/C15H22BrNO2.C2H2O4/c16-14-6-2-3-7-15(14)19-11-5-1-4-8-17-9-12-18-13-10-17;3-1(4)2(5)6/h2-3,6-7H,1,4-5,8-13H2;(H,3,4)(H,5,6). The number of morpholine rings is 1. The van der Waals surface area contributed by atoms with Crippen molar-refractivity contribution < 1.29 is 29.3 Å². The minimum Gasteiger partial charge on any atom is -0.492 e. The van der Waals surface area contributed by atoms with Crippen molar-refractivity contribution in [2.75, 3.05) is 39.5 Å². The molecular weight excluding hydrogens is 394 g/mol. The van der Waals surface area contributed by atoms with Gasteiger partial charge in [0.05, 0.1) is 24.3 Å². The topological polar surface area (TPSA) is 96.3 Å². The summed E-state index contributed by atoms with van der Waals surface area (Å²) in [6.45, 7) is 5.96. The number of carboxylic acids is 2. The summed E-state index contributed by atoms with van der Waals surface area (Å²) in [6, 6.07) is 8.00. The Morgan fingerprint density at radius 3 is 2.32 bits per heavy atom. The second-order valence-electron chi connectivity index (χ2n) is 5.40. The normalized spacial score (nSPS) is 14.3. The fraction of sp³-hybridized carbons (Fsp3) is 0.529. The van der Waals surface area contributed by atoms with E-state index in [0.29, 0.717) is 0 Å². The maximum absolute atomic E-state index is 9.10. The lowest BCUT2D eigenvalue weighted by atomic mass is 10.2. The molecule has 0 aromatic heterocycles. The Hall–Kier alpha value is -1.64. The van der Waals surface area contributed by atoms with Crippen molar-refractivity contribution in [3.8, 4) is 5.75 Å². The van der Waals surface area contributed by atoms with Crippen LogP contribution in [0.1, 0.15) is 19.3 Å². The van der Waals surface area contributed by atoms with Crippen molar-refractivity contribution in [2.45, 2.75) is 19.3 Å². The second-order valence-corrected chi connectivity index (χ2v) is 6.26. The van der Waals surface area contributed by atoms with E-state index >= 15 is 0 Å². The first-order valence-corrected chi connectivity index (χ1v) is 8.93. The molecule has 7 nitrogen and oxygen atoms in total. The first-order chi connectivity index (χ1) is 12.0. The maximum Gasteiger partial charge on any atom is 0.414 e. The van der Waals surface area contributed by atoms with Gasteiger partial charge in [-0.2, -0.15) is 0 Å². The van der Waals surface area contributed by atoms with E-state index in [9.17, 15) is 0 Å². The fourth-order valence-corrected chi connectivity index (χ4v) is 2.58. The Kier molecular flexibility index (Phi) is 10.9. The molecule has 0 atom stereocenters. The number of nitrogens with zero attached hydrogens (tertiary/aromatic N) is 1. The summed E-state index contributed by atoms with van der Waals surface area (Å²) in [5, 5.41) is 14.8. The zero-order valence-electron chi connectivity index (χ0n) is 14.0. The molecular formula is C17H24BrNO6. The number of ether oxygens (including phenoxy) is 2. The van der Waals surface area contributed by atoms with Crippen molar-refractivity contribution in [1.82, 2.24) is 4.90 Å². The van der Waals surface area contributed by atoms with Crippen LogP contribution >= 0.6 is 15.9 Å². The molecule has 0 saturated carbocycles. The minimum atomic E-state index is -1.82. The van der Waals surface area contributed by atoms with Crippen molar-refractivity contribution >= 4 is 27.9 Å². The number of para-hydroxylation sites is 1. The fourth-order valence-electron chi connectivity index (χ4n) is 2.18. The van der Waals surface area contributed by atoms with Gasteiger partial charge >= 0.3 is 11.9 Å². The summed E-state index contributed by atoms with van der Waals surface area (Å²) < 4.78 is 12.1. The summed E-state index contributed by atoms with van der Waals surface area (Å²) in [5.41, 5.74) is 0. The highest BCUT2D eigenvalue weighted by Gasteiger charge is 2.09. The van der Waals surface area contributed by atoms with E-state index < -0.39 is 11.9 Å². The summed E-state index contributed by atoms with van der Waals surface area (Å²) in [6.07, 6.45) is 3.59. The van der Waals surface area contributed by atoms with Gasteiger partial charge in [0.15, 0.2) is 0 Å². The Morgan fingerprint density at radius 1 is 1.08 bits per heavy atom. The largest absolute Gasteiger partial charge is 0.492 e. The molecule has 0 radical (unpaired) electrons. The quantitative estimate of drug-likeness (QED) is 0.519. The predicted molar refractivity (Wildman–Crippen MR) is 96.0 cm³/mol. The summed E-state index contributed by atoms with van der Waals surface area (Å²) >= 11 is 3.49. The van der Waals surface area contributed by atoms with Crippen LogP contribution in [0.3, 0.4) is 0 Å². The number of carboxylic acid groups (broad SMARTS) is 2. The summed E-state index contributed by atoms with van der Waals surface area (Å²) in [5.74, 6) is -2.71. The second kappa shape index (κ2) is 12.7. The molecule has 1 aromatic rings. The van der Waals surface area contributed by atoms with E-state index in [2.05, 4.69) is 20.8 Å². The van der Waals surface area contributed by atoms with Crippen LogP contribution in [0.25, 0.3) is 0 Å². The van der Waals surface area contributed by atoms with Crippen LogP contribution < -0.4 is 4.74 Å². The summed E-state index contributed by atoms with van der Waals surface area (Å²) in [4.78, 5) is 20.7. The molecule has 1 aliphatic rings. The lowest BCUT2D eigenvalue weighted by molar-refractivity contribution is -0.159. The predicted octanol–water partition coefficient (Wildman–Crippen LogP) is 2.49. The molecule has 140 valence electrons. The molecule has 0 aliphatic carbocycles. The van der Waals surface area contributed by atoms with Crippen LogP contribution in [0.4, 0.5) is 0 Å². The third-order valence-corrected chi connectivity index (χ3v) is 4.15. The first-order valence-electron chi connectivity index (χ1n) is 8.14. The third kappa shape index (κ3) is 10.1. The van der Waals surface area contributed by atoms with Gasteiger partial charge in [0.2, 0.25) is 0 Å². The van der Waals surface area contributed by atoms with Crippen LogP contribution in [-0.4, -0.2) is 66.5 Å². The lowest BCUT2D eigenvalue weighted by Crippen LogP contribution is -2.36. The molecule has 0 unspecified atom stereocenters. The molecule has 1 saturated heterocycles. The Balaban J connectivity index is 0.000000450. The number of rotatable bonds is 7. The molecule has 0 amide bonds. The maximum atomic E-state index is 9.10. The molecule has 2 N–H and O–H groups in total. The van der Waals surface area contributed by atoms with Crippen molar-refractivity contribution in [3.05, 3.63) is 28.7 Å². The Labute approximate surface area is 155 Å². The zero-order valence-corrected chi connectivity index (χ0v) is 15.6. The number of unbranched alkanes of at least 4 members (excludes halogenated alkanes) is 2. The van der Waals surface area contributed by atoms with Crippen LogP contribution in [0, 0.1) is 0 Å². The summed E-state index contributed by atoms with van der Waals surface area (Å²) in [7, 11) is 0. The van der Waals surface area contributed by atoms with Gasteiger partial charge in [-0.25, -0.2) is 9.59 Å². The SMILES string of the molecule is Brc1ccccc1OCCCCCN1CCOCC1.O=C(O)C(=O)O. The number of hydrogen-bond acceptors (Lipinski definition) is 5. The number of hydrogen-bond donors (Lipinski definition) is 2. The molecule has 1 heterocycles. The highest BCUT2D eigenvalue weighted by molar-refractivity contribution is 9.10. The number of benzene rings is 1. The smallest absolute Gasteiger partial charge is 0.414 e. The van der Waals surface area contributed by atoms with Crippen LogP contribution in [-0.2, 0) is 14.3 Å². The molecule has 1 fully saturated rings. The van der Waals surface area contributed by atoms with Crippen molar-refractivity contribution in [1.29, 1.82) is 0 Å². The van der Waals surface area contributed by atoms with Gasteiger partial charge in [-0.3, -0.25) is 4.90 Å². The lowest BCUT2D eigenvalue weighted by Gasteiger charge is -2.26. The third-order valence-electron chi connectivity index (χ3n) is 3.50. The van der Waals surface area contributed by atoms with E-state index in [1.54, 1.807) is 0 Å². The van der Waals surface area contributed by atoms with Gasteiger partial charge < -0.3 is 19.7 Å². The number of aliphatic carboxylic acids is 2. The van der Waals surface area contributed by atoms with Crippen LogP contribution in [0.5, 0.6) is 5.75 Å². The molecule has 2 rings (SSSR count). The number of carbonyl (C=O) groups is 2. The average Bonchev–Trinajstić information content (AvgIpc) is 2.61. The van der Waals surface area contributed by atoms with E-state index in [0.717, 1.165) is 49.6 Å². The van der Waals surface area contributed by atoms with Crippen LogP contribution in [0.15, 0.2) is 28.7 Å². The molecule has 25 heavy (non-hydrogen) atoms. The number of halogens is 1. The Bertz CT molecular complexity index is 522. The highest BCUT2D eigenvalue weighted by Crippen LogP contribution is 2.23. The minimum absolute atomic E-state index is 0.797. The zero-order chi connectivity index (χ0) is 18.5. The van der Waals surface area contributed by atoms with Gasteiger partial charge in [-0.05, 0) is 53.9 Å². The molecule has 8 heteroatoms. The monoisotopic (exact) mass is 417 g/mol. The van der Waals surface area contributed by atoms with Gasteiger partial charge in [0.1, 0.15) is 5.75 Å². The van der Waals surface area contributed by atoms with Gasteiger partial charge in [0.25, 0.3) is 0 Å². The van der Waals surface area contributed by atoms with Gasteiger partial charge in [-0.1, -0.05) is 12.1 Å². The van der Waals surface area contributed by atoms with Crippen molar-refractivity contribution in [3.63, 3.8) is 0 Å². The molecule has 0 bridgehead atoms. The van der Waals surface area contributed by atoms with E-state index in [1.807, 2.05) is 24.3 Å². The van der Waals surface area contributed by atoms with Crippen molar-refractivity contribution in [2.24, 2.45) is 0 Å².